The van der Waals surface area contributed by atoms with Crippen molar-refractivity contribution in [3.63, 3.8) is 0 Å². The molecule has 0 aliphatic carbocycles. The first kappa shape index (κ1) is 22.1. The van der Waals surface area contributed by atoms with Crippen molar-refractivity contribution in [3.8, 4) is 5.75 Å². The number of hydrogen-bond acceptors (Lipinski definition) is 4. The van der Waals surface area contributed by atoms with Gasteiger partial charge in [0.25, 0.3) is 5.91 Å². The molecule has 0 spiro atoms. The van der Waals surface area contributed by atoms with Gasteiger partial charge in [0.15, 0.2) is 6.10 Å². The lowest BCUT2D eigenvalue weighted by molar-refractivity contribution is -0.139. The van der Waals surface area contributed by atoms with Gasteiger partial charge in [-0.1, -0.05) is 39.3 Å². The quantitative estimate of drug-likeness (QED) is 0.679. The van der Waals surface area contributed by atoms with Crippen LogP contribution in [0.2, 0.25) is 0 Å². The van der Waals surface area contributed by atoms with Crippen molar-refractivity contribution >= 4 is 12.0 Å². The van der Waals surface area contributed by atoms with Crippen LogP contribution < -0.4 is 10.1 Å². The summed E-state index contributed by atoms with van der Waals surface area (Å²) in [6, 6.07) is 7.96. The summed E-state index contributed by atoms with van der Waals surface area (Å²) >= 11 is 0. The van der Waals surface area contributed by atoms with Crippen molar-refractivity contribution in [3.05, 3.63) is 29.8 Å². The van der Waals surface area contributed by atoms with E-state index in [0.29, 0.717) is 31.4 Å². The third kappa shape index (κ3) is 6.73. The zero-order chi connectivity index (χ0) is 20.5. The third-order valence-corrected chi connectivity index (χ3v) is 5.07. The molecule has 2 rings (SSSR count). The number of nitrogens with one attached hydrogen (secondary N) is 1. The number of hydrogen-bond donors (Lipinski definition) is 1. The molecule has 1 aromatic carbocycles. The standard InChI is InChI=1S/C22H34N2O4/c1-5-6-15-27-22(26)23-19-11-13-24(14-12-19)21(25)17(4)28-20-9-7-18(8-10-20)16(2)3/h7-10,16-17,19H,5-6,11-15H2,1-4H3,(H,23,26). The van der Waals surface area contributed by atoms with Crippen LogP contribution in [0.25, 0.3) is 0 Å². The van der Waals surface area contributed by atoms with E-state index in [1.807, 2.05) is 29.2 Å². The monoisotopic (exact) mass is 390 g/mol. The maximum Gasteiger partial charge on any atom is 0.407 e. The number of alkyl carbamates (subject to hydrolysis) is 1. The van der Waals surface area contributed by atoms with Crippen LogP contribution in [0.4, 0.5) is 4.79 Å². The maximum absolute atomic E-state index is 12.7. The fourth-order valence-electron chi connectivity index (χ4n) is 3.20. The first-order valence-electron chi connectivity index (χ1n) is 10.4. The Labute approximate surface area is 168 Å². The minimum Gasteiger partial charge on any atom is -0.481 e. The lowest BCUT2D eigenvalue weighted by atomic mass is 10.0. The molecule has 6 heteroatoms. The maximum atomic E-state index is 12.7. The normalized spacial score (nSPS) is 16.0. The zero-order valence-electron chi connectivity index (χ0n) is 17.6. The molecular formula is C22H34N2O4. The van der Waals surface area contributed by atoms with E-state index < -0.39 is 6.10 Å². The number of carbonyl (C=O) groups is 2. The molecule has 28 heavy (non-hydrogen) atoms. The molecule has 1 aliphatic heterocycles. The molecule has 156 valence electrons. The highest BCUT2D eigenvalue weighted by Gasteiger charge is 2.28. The summed E-state index contributed by atoms with van der Waals surface area (Å²) in [6.45, 7) is 9.80. The summed E-state index contributed by atoms with van der Waals surface area (Å²) in [6.07, 6.45) is 2.43. The first-order chi connectivity index (χ1) is 13.4. The van der Waals surface area contributed by atoms with E-state index in [2.05, 4.69) is 26.1 Å². The van der Waals surface area contributed by atoms with E-state index in [9.17, 15) is 9.59 Å². The van der Waals surface area contributed by atoms with E-state index in [1.54, 1.807) is 6.92 Å². The second kappa shape index (κ2) is 10.9. The van der Waals surface area contributed by atoms with E-state index in [4.69, 9.17) is 9.47 Å². The third-order valence-electron chi connectivity index (χ3n) is 5.07. The summed E-state index contributed by atoms with van der Waals surface area (Å²) in [5, 5.41) is 2.89. The molecule has 2 amide bonds. The van der Waals surface area contributed by atoms with E-state index in [0.717, 1.165) is 25.7 Å². The molecule has 1 N–H and O–H groups in total. The summed E-state index contributed by atoms with van der Waals surface area (Å²) in [5.74, 6) is 1.15. The number of amides is 2. The van der Waals surface area contributed by atoms with Gasteiger partial charge in [0.2, 0.25) is 0 Å². The fraction of sp³-hybridized carbons (Fsp3) is 0.636. The van der Waals surface area contributed by atoms with Gasteiger partial charge in [0, 0.05) is 19.1 Å². The molecule has 0 saturated carbocycles. The fourth-order valence-corrected chi connectivity index (χ4v) is 3.20. The summed E-state index contributed by atoms with van der Waals surface area (Å²) in [4.78, 5) is 26.2. The molecule has 6 nitrogen and oxygen atoms in total. The Bertz CT molecular complexity index is 622. The van der Waals surface area contributed by atoms with Crippen LogP contribution in [0.1, 0.15) is 64.9 Å². The Morgan fingerprint density at radius 2 is 1.79 bits per heavy atom. The van der Waals surface area contributed by atoms with Gasteiger partial charge in [-0.25, -0.2) is 4.79 Å². The number of likely N-dealkylation sites (tertiary alicyclic amines) is 1. The van der Waals surface area contributed by atoms with Crippen LogP contribution in [0.5, 0.6) is 5.75 Å². The Balaban J connectivity index is 1.75. The molecule has 1 unspecified atom stereocenters. The number of unbranched alkanes of at least 4 members (excludes halogenated alkanes) is 1. The van der Waals surface area contributed by atoms with Crippen molar-refractivity contribution in [2.75, 3.05) is 19.7 Å². The largest absolute Gasteiger partial charge is 0.481 e. The Morgan fingerprint density at radius 3 is 2.36 bits per heavy atom. The topological polar surface area (TPSA) is 67.9 Å². The van der Waals surface area contributed by atoms with Crippen LogP contribution in [-0.2, 0) is 9.53 Å². The molecule has 1 fully saturated rings. The average Bonchev–Trinajstić information content (AvgIpc) is 2.68. The lowest BCUT2D eigenvalue weighted by Crippen LogP contribution is -2.49. The molecule has 0 aromatic heterocycles. The van der Waals surface area contributed by atoms with Gasteiger partial charge in [-0.05, 0) is 49.8 Å². The van der Waals surface area contributed by atoms with E-state index in [-0.39, 0.29) is 18.0 Å². The molecule has 0 bridgehead atoms. The van der Waals surface area contributed by atoms with Gasteiger partial charge < -0.3 is 19.7 Å². The molecule has 1 saturated heterocycles. The highest BCUT2D eigenvalue weighted by atomic mass is 16.5. The highest BCUT2D eigenvalue weighted by molar-refractivity contribution is 5.81. The van der Waals surface area contributed by atoms with E-state index in [1.165, 1.54) is 5.56 Å². The van der Waals surface area contributed by atoms with Crippen molar-refractivity contribution < 1.29 is 19.1 Å². The Kier molecular flexibility index (Phi) is 8.61. The van der Waals surface area contributed by atoms with Crippen molar-refractivity contribution in [1.29, 1.82) is 0 Å². The van der Waals surface area contributed by atoms with Crippen LogP contribution in [-0.4, -0.2) is 48.7 Å². The van der Waals surface area contributed by atoms with E-state index >= 15 is 0 Å². The highest BCUT2D eigenvalue weighted by Crippen LogP contribution is 2.20. The summed E-state index contributed by atoms with van der Waals surface area (Å²) in [5.41, 5.74) is 1.24. The molecular weight excluding hydrogens is 356 g/mol. The van der Waals surface area contributed by atoms with Crippen LogP contribution in [0.15, 0.2) is 24.3 Å². The van der Waals surface area contributed by atoms with Gasteiger partial charge in [-0.3, -0.25) is 4.79 Å². The second-order valence-electron chi connectivity index (χ2n) is 7.72. The molecule has 0 radical (unpaired) electrons. The second-order valence-corrected chi connectivity index (χ2v) is 7.72. The molecule has 1 atom stereocenters. The van der Waals surface area contributed by atoms with Crippen molar-refractivity contribution in [2.24, 2.45) is 0 Å². The predicted octanol–water partition coefficient (Wildman–Crippen LogP) is 4.09. The Hall–Kier alpha value is -2.24. The number of nitrogens with zero attached hydrogens (tertiary/aromatic N) is 1. The summed E-state index contributed by atoms with van der Waals surface area (Å²) in [7, 11) is 0. The zero-order valence-corrected chi connectivity index (χ0v) is 17.6. The number of piperidine rings is 1. The van der Waals surface area contributed by atoms with Gasteiger partial charge in [0.05, 0.1) is 6.61 Å². The van der Waals surface area contributed by atoms with Gasteiger partial charge in [0.1, 0.15) is 5.75 Å². The van der Waals surface area contributed by atoms with Gasteiger partial charge in [-0.15, -0.1) is 0 Å². The Morgan fingerprint density at radius 1 is 1.14 bits per heavy atom. The first-order valence-corrected chi connectivity index (χ1v) is 10.4. The minimum atomic E-state index is -0.534. The summed E-state index contributed by atoms with van der Waals surface area (Å²) < 4.78 is 11.0. The number of ether oxygens (including phenoxy) is 2. The average molecular weight is 391 g/mol. The smallest absolute Gasteiger partial charge is 0.407 e. The van der Waals surface area contributed by atoms with Gasteiger partial charge >= 0.3 is 6.09 Å². The predicted molar refractivity (Wildman–Crippen MR) is 110 cm³/mol. The van der Waals surface area contributed by atoms with Crippen molar-refractivity contribution in [1.82, 2.24) is 10.2 Å². The molecule has 1 aromatic rings. The number of benzene rings is 1. The van der Waals surface area contributed by atoms with Crippen LogP contribution in [0, 0.1) is 0 Å². The van der Waals surface area contributed by atoms with Gasteiger partial charge in [-0.2, -0.15) is 0 Å². The lowest BCUT2D eigenvalue weighted by Gasteiger charge is -2.33. The van der Waals surface area contributed by atoms with Crippen LogP contribution >= 0.6 is 0 Å². The number of carbonyl (C=O) groups excluding carboxylic acids is 2. The SMILES string of the molecule is CCCCOC(=O)NC1CCN(C(=O)C(C)Oc2ccc(C(C)C)cc2)CC1. The molecule has 1 aliphatic rings. The van der Waals surface area contributed by atoms with Crippen molar-refractivity contribution in [2.45, 2.75) is 71.4 Å². The minimum absolute atomic E-state index is 0.0168. The van der Waals surface area contributed by atoms with Crippen LogP contribution in [0.3, 0.4) is 0 Å². The number of rotatable bonds is 8. The molecule has 1 heterocycles.